The first-order valence-electron chi connectivity index (χ1n) is 5.16. The lowest BCUT2D eigenvalue weighted by atomic mass is 10.1. The van der Waals surface area contributed by atoms with E-state index in [1.165, 1.54) is 11.9 Å². The molecule has 0 aliphatic heterocycles. The molecule has 0 saturated carbocycles. The number of nitrogen functional groups attached to an aromatic ring is 1. The molecule has 1 atom stereocenters. The number of nitrogens with zero attached hydrogens (tertiary/aromatic N) is 3. The van der Waals surface area contributed by atoms with Crippen LogP contribution < -0.4 is 5.73 Å². The van der Waals surface area contributed by atoms with Crippen LogP contribution in [0.15, 0.2) is 12.3 Å². The Hall–Kier alpha value is -2.22. The number of aliphatic hydroxyl groups excluding tert-OH is 1. The fraction of sp³-hybridized carbons (Fsp3) is 0.400. The standard InChI is InChI=1S/C10H14N4O4/c1-6(5-15)13(2)10(16)7-3-9(11)12-4-8(7)14(17)18/h3-4,6,15H,5H2,1-2H3,(H2,11,12). The van der Waals surface area contributed by atoms with Gasteiger partial charge in [0.1, 0.15) is 17.6 Å². The summed E-state index contributed by atoms with van der Waals surface area (Å²) in [6, 6.07) is 0.702. The van der Waals surface area contributed by atoms with Gasteiger partial charge in [-0.15, -0.1) is 0 Å². The van der Waals surface area contributed by atoms with E-state index in [2.05, 4.69) is 4.98 Å². The van der Waals surface area contributed by atoms with E-state index >= 15 is 0 Å². The predicted octanol–water partition coefficient (Wildman–Crippen LogP) is 0.0248. The number of pyridine rings is 1. The van der Waals surface area contributed by atoms with Gasteiger partial charge in [0.25, 0.3) is 11.6 Å². The Morgan fingerprint density at radius 3 is 2.83 bits per heavy atom. The first kappa shape index (κ1) is 13.8. The average molecular weight is 254 g/mol. The number of rotatable bonds is 4. The molecule has 0 aliphatic carbocycles. The highest BCUT2D eigenvalue weighted by molar-refractivity contribution is 5.98. The quantitative estimate of drug-likeness (QED) is 0.577. The topological polar surface area (TPSA) is 123 Å². The van der Waals surface area contributed by atoms with E-state index in [0.717, 1.165) is 12.3 Å². The lowest BCUT2D eigenvalue weighted by molar-refractivity contribution is -0.385. The Morgan fingerprint density at radius 1 is 1.72 bits per heavy atom. The Labute approximate surface area is 103 Å². The molecule has 8 nitrogen and oxygen atoms in total. The lowest BCUT2D eigenvalue weighted by Gasteiger charge is -2.23. The number of likely N-dealkylation sites (N-methyl/N-ethyl adjacent to an activating group) is 1. The highest BCUT2D eigenvalue weighted by Gasteiger charge is 2.25. The van der Waals surface area contributed by atoms with E-state index < -0.39 is 22.6 Å². The lowest BCUT2D eigenvalue weighted by Crippen LogP contribution is -2.37. The van der Waals surface area contributed by atoms with Gasteiger partial charge in [-0.25, -0.2) is 4.98 Å². The zero-order valence-electron chi connectivity index (χ0n) is 10.0. The molecule has 1 aromatic rings. The van der Waals surface area contributed by atoms with Gasteiger partial charge in [0, 0.05) is 7.05 Å². The molecule has 0 aliphatic rings. The minimum atomic E-state index is -0.697. The molecule has 0 aromatic carbocycles. The van der Waals surface area contributed by atoms with Gasteiger partial charge in [-0.3, -0.25) is 14.9 Å². The van der Waals surface area contributed by atoms with E-state index in [0.29, 0.717) is 0 Å². The van der Waals surface area contributed by atoms with Crippen molar-refractivity contribution < 1.29 is 14.8 Å². The molecule has 1 unspecified atom stereocenters. The summed E-state index contributed by atoms with van der Waals surface area (Å²) >= 11 is 0. The van der Waals surface area contributed by atoms with E-state index in [1.54, 1.807) is 6.92 Å². The van der Waals surface area contributed by atoms with Crippen LogP contribution in [0.3, 0.4) is 0 Å². The summed E-state index contributed by atoms with van der Waals surface area (Å²) in [5.74, 6) is -0.564. The number of carbonyl (C=O) groups excluding carboxylic acids is 1. The monoisotopic (exact) mass is 254 g/mol. The van der Waals surface area contributed by atoms with Crippen LogP contribution in [0.1, 0.15) is 17.3 Å². The molecular formula is C10H14N4O4. The van der Waals surface area contributed by atoms with Crippen molar-refractivity contribution in [3.8, 4) is 0 Å². The van der Waals surface area contributed by atoms with Crippen molar-refractivity contribution in [1.29, 1.82) is 0 Å². The first-order valence-corrected chi connectivity index (χ1v) is 5.16. The maximum atomic E-state index is 12.0. The van der Waals surface area contributed by atoms with Crippen molar-refractivity contribution in [2.24, 2.45) is 0 Å². The van der Waals surface area contributed by atoms with Crippen molar-refractivity contribution in [3.63, 3.8) is 0 Å². The number of aliphatic hydroxyl groups is 1. The SMILES string of the molecule is CC(CO)N(C)C(=O)c1cc(N)ncc1[N+](=O)[O-]. The minimum Gasteiger partial charge on any atom is -0.394 e. The maximum Gasteiger partial charge on any atom is 0.300 e. The summed E-state index contributed by atoms with van der Waals surface area (Å²) in [6.07, 6.45) is 0.944. The van der Waals surface area contributed by atoms with Crippen LogP contribution in [-0.4, -0.2) is 45.5 Å². The van der Waals surface area contributed by atoms with Gasteiger partial charge >= 0.3 is 0 Å². The van der Waals surface area contributed by atoms with Crippen LogP contribution in [0, 0.1) is 10.1 Å². The van der Waals surface area contributed by atoms with Crippen molar-refractivity contribution in [2.75, 3.05) is 19.4 Å². The van der Waals surface area contributed by atoms with Crippen LogP contribution >= 0.6 is 0 Å². The molecule has 1 amide bonds. The third-order valence-electron chi connectivity index (χ3n) is 2.58. The van der Waals surface area contributed by atoms with Crippen LogP contribution in [-0.2, 0) is 0 Å². The van der Waals surface area contributed by atoms with Crippen LogP contribution in [0.5, 0.6) is 0 Å². The Balaban J connectivity index is 3.19. The second-order valence-electron chi connectivity index (χ2n) is 3.83. The molecule has 0 saturated heterocycles. The molecule has 3 N–H and O–H groups in total. The molecule has 1 heterocycles. The molecule has 0 radical (unpaired) electrons. The third-order valence-corrected chi connectivity index (χ3v) is 2.58. The molecule has 1 rings (SSSR count). The van der Waals surface area contributed by atoms with Gasteiger partial charge in [0.15, 0.2) is 0 Å². The number of nitrogens with two attached hydrogens (primary N) is 1. The second kappa shape index (κ2) is 5.41. The van der Waals surface area contributed by atoms with E-state index in [1.807, 2.05) is 0 Å². The van der Waals surface area contributed by atoms with Gasteiger partial charge in [-0.1, -0.05) is 0 Å². The summed E-state index contributed by atoms with van der Waals surface area (Å²) in [5, 5.41) is 19.8. The summed E-state index contributed by atoms with van der Waals surface area (Å²) < 4.78 is 0. The molecular weight excluding hydrogens is 240 g/mol. The number of hydrogen-bond acceptors (Lipinski definition) is 6. The van der Waals surface area contributed by atoms with Gasteiger partial charge in [0.2, 0.25) is 0 Å². The summed E-state index contributed by atoms with van der Waals surface area (Å²) in [4.78, 5) is 27.0. The zero-order chi connectivity index (χ0) is 13.9. The molecule has 8 heteroatoms. The number of nitro groups is 1. The van der Waals surface area contributed by atoms with Gasteiger partial charge in [-0.05, 0) is 13.0 Å². The number of carbonyl (C=O) groups is 1. The maximum absolute atomic E-state index is 12.0. The van der Waals surface area contributed by atoms with Crippen LogP contribution in [0.25, 0.3) is 0 Å². The molecule has 1 aromatic heterocycles. The van der Waals surface area contributed by atoms with Crippen molar-refractivity contribution >= 4 is 17.4 Å². The second-order valence-corrected chi connectivity index (χ2v) is 3.83. The normalized spacial score (nSPS) is 11.9. The van der Waals surface area contributed by atoms with Crippen molar-refractivity contribution in [1.82, 2.24) is 9.88 Å². The number of aromatic nitrogens is 1. The summed E-state index contributed by atoms with van der Waals surface area (Å²) in [5.41, 5.74) is 4.87. The molecule has 18 heavy (non-hydrogen) atoms. The molecule has 0 bridgehead atoms. The predicted molar refractivity (Wildman–Crippen MR) is 63.9 cm³/mol. The number of amides is 1. The van der Waals surface area contributed by atoms with Gasteiger partial charge in [0.05, 0.1) is 17.6 Å². The van der Waals surface area contributed by atoms with E-state index in [9.17, 15) is 14.9 Å². The highest BCUT2D eigenvalue weighted by atomic mass is 16.6. The highest BCUT2D eigenvalue weighted by Crippen LogP contribution is 2.21. The third kappa shape index (κ3) is 2.72. The Bertz CT molecular complexity index is 477. The summed E-state index contributed by atoms with van der Waals surface area (Å²) in [7, 11) is 1.45. The fourth-order valence-electron chi connectivity index (χ4n) is 1.29. The van der Waals surface area contributed by atoms with Crippen LogP contribution in [0.4, 0.5) is 11.5 Å². The van der Waals surface area contributed by atoms with E-state index in [4.69, 9.17) is 10.8 Å². The van der Waals surface area contributed by atoms with Crippen LogP contribution in [0.2, 0.25) is 0 Å². The number of anilines is 1. The summed E-state index contributed by atoms with van der Waals surface area (Å²) in [6.45, 7) is 1.38. The van der Waals surface area contributed by atoms with Crippen molar-refractivity contribution in [3.05, 3.63) is 27.9 Å². The smallest absolute Gasteiger partial charge is 0.300 e. The Kier molecular flexibility index (Phi) is 4.16. The van der Waals surface area contributed by atoms with Crippen molar-refractivity contribution in [2.45, 2.75) is 13.0 Å². The van der Waals surface area contributed by atoms with Gasteiger partial charge < -0.3 is 15.7 Å². The Morgan fingerprint density at radius 2 is 2.33 bits per heavy atom. The molecule has 98 valence electrons. The van der Waals surface area contributed by atoms with E-state index in [-0.39, 0.29) is 18.0 Å². The number of hydrogen-bond donors (Lipinski definition) is 2. The minimum absolute atomic E-state index is 0.0222. The zero-order valence-corrected chi connectivity index (χ0v) is 10.0. The fourth-order valence-corrected chi connectivity index (χ4v) is 1.29. The largest absolute Gasteiger partial charge is 0.394 e. The molecule has 0 fully saturated rings. The van der Waals surface area contributed by atoms with Gasteiger partial charge in [-0.2, -0.15) is 0 Å². The average Bonchev–Trinajstić information content (AvgIpc) is 2.35. The first-order chi connectivity index (χ1) is 8.38. The molecule has 0 spiro atoms.